The van der Waals surface area contributed by atoms with Crippen LogP contribution in [0, 0.1) is 31.1 Å². The van der Waals surface area contributed by atoms with Gasteiger partial charge >= 0.3 is 0 Å². The van der Waals surface area contributed by atoms with Gasteiger partial charge < -0.3 is 39.0 Å². The van der Waals surface area contributed by atoms with Crippen molar-refractivity contribution >= 4 is 17.7 Å². The van der Waals surface area contributed by atoms with E-state index in [1.54, 1.807) is 4.90 Å². The van der Waals surface area contributed by atoms with Crippen molar-refractivity contribution in [1.82, 2.24) is 35.2 Å². The average molecular weight is 840 g/mol. The molecule has 14 nitrogen and oxygen atoms in total. The largest absolute Gasteiger partial charge is 0.379 e. The first-order valence-electron chi connectivity index (χ1n) is 21.8. The summed E-state index contributed by atoms with van der Waals surface area (Å²) in [5.74, 6) is 0.755. The third-order valence-corrected chi connectivity index (χ3v) is 12.4. The first kappa shape index (κ1) is 45.5. The van der Waals surface area contributed by atoms with E-state index in [2.05, 4.69) is 36.2 Å². The number of fused-ring (bicyclic) bond motifs is 2. The molecule has 4 fully saturated rings. The van der Waals surface area contributed by atoms with Gasteiger partial charge in [-0.25, -0.2) is 8.78 Å². The number of aromatic nitrogens is 3. The molecule has 330 valence electrons. The van der Waals surface area contributed by atoms with E-state index in [1.165, 1.54) is 0 Å². The normalized spacial score (nSPS) is 22.0. The topological polar surface area (TPSA) is 149 Å². The molecule has 3 amide bonds. The molecule has 1 saturated carbocycles. The highest BCUT2D eigenvalue weighted by Crippen LogP contribution is 2.45. The number of terminal acetylenes is 1. The predicted octanol–water partition coefficient (Wildman–Crippen LogP) is 4.03. The lowest BCUT2D eigenvalue weighted by Gasteiger charge is -2.38. The number of likely N-dealkylation sites (tertiary alicyclic amines) is 1. The number of ether oxygens (including phenoxy) is 4. The van der Waals surface area contributed by atoms with Crippen LogP contribution in [0.15, 0.2) is 30.3 Å². The van der Waals surface area contributed by atoms with Gasteiger partial charge in [0.1, 0.15) is 18.3 Å². The van der Waals surface area contributed by atoms with Crippen LogP contribution in [0.1, 0.15) is 93.5 Å². The van der Waals surface area contributed by atoms with Crippen LogP contribution in [0.4, 0.5) is 8.78 Å². The van der Waals surface area contributed by atoms with Crippen molar-refractivity contribution in [3.63, 3.8) is 0 Å². The van der Waals surface area contributed by atoms with E-state index in [9.17, 15) is 23.2 Å². The SMILES string of the molecule is C#CCOCCOCCOCCOCCC(=O)N1CC(C(=O)NCCCc2nnc(C)n2C2CC3CCC2N3CC[C@H](NC(=O)C2CCC(F)(F)CC2)c2ccccc2)C1. The molecular formula is C44H63F2N7O7. The Labute approximate surface area is 352 Å². The minimum Gasteiger partial charge on any atom is -0.379 e. The number of alkyl halides is 2. The second kappa shape index (κ2) is 22.7. The van der Waals surface area contributed by atoms with Gasteiger partial charge in [-0.3, -0.25) is 19.3 Å². The third kappa shape index (κ3) is 12.8. The van der Waals surface area contributed by atoms with Crippen molar-refractivity contribution in [2.24, 2.45) is 11.8 Å². The quantitative estimate of drug-likeness (QED) is 0.111. The molecule has 0 spiro atoms. The number of nitrogens with one attached hydrogen (secondary N) is 2. The van der Waals surface area contributed by atoms with Crippen LogP contribution in [0.25, 0.3) is 0 Å². The Morgan fingerprint density at radius 2 is 1.57 bits per heavy atom. The third-order valence-electron chi connectivity index (χ3n) is 12.4. The monoisotopic (exact) mass is 839 g/mol. The highest BCUT2D eigenvalue weighted by Gasteiger charge is 2.48. The maximum Gasteiger partial charge on any atom is 0.248 e. The number of carbonyl (C=O) groups excluding carboxylic acids is 3. The summed E-state index contributed by atoms with van der Waals surface area (Å²) in [7, 11) is 0. The van der Waals surface area contributed by atoms with Gasteiger partial charge in [0.2, 0.25) is 23.6 Å². The summed E-state index contributed by atoms with van der Waals surface area (Å²) in [6.07, 6.45) is 10.7. The van der Waals surface area contributed by atoms with E-state index in [-0.39, 0.29) is 80.4 Å². The molecular weight excluding hydrogens is 777 g/mol. The summed E-state index contributed by atoms with van der Waals surface area (Å²) in [6.45, 7) is 7.32. The van der Waals surface area contributed by atoms with E-state index in [0.29, 0.717) is 84.4 Å². The number of carbonyl (C=O) groups is 3. The van der Waals surface area contributed by atoms with Crippen LogP contribution in [-0.2, 0) is 39.8 Å². The van der Waals surface area contributed by atoms with Gasteiger partial charge in [-0.1, -0.05) is 36.3 Å². The molecule has 0 radical (unpaired) electrons. The van der Waals surface area contributed by atoms with E-state index < -0.39 is 5.92 Å². The van der Waals surface area contributed by atoms with Crippen LogP contribution >= 0.6 is 0 Å². The van der Waals surface area contributed by atoms with Crippen LogP contribution in [0.2, 0.25) is 0 Å². The van der Waals surface area contributed by atoms with E-state index in [1.807, 2.05) is 37.3 Å². The number of hydrogen-bond donors (Lipinski definition) is 2. The van der Waals surface area contributed by atoms with Crippen molar-refractivity contribution < 1.29 is 42.1 Å². The number of nitrogens with zero attached hydrogens (tertiary/aromatic N) is 5. The molecule has 4 atom stereocenters. The summed E-state index contributed by atoms with van der Waals surface area (Å²) < 4.78 is 51.4. The molecule has 2 N–H and O–H groups in total. The van der Waals surface area contributed by atoms with E-state index in [0.717, 1.165) is 55.9 Å². The van der Waals surface area contributed by atoms with Gasteiger partial charge in [0.05, 0.1) is 70.7 Å². The fraction of sp³-hybridized carbons (Fsp3) is 0.705. The maximum absolute atomic E-state index is 13.8. The lowest BCUT2D eigenvalue weighted by atomic mass is 9.86. The van der Waals surface area contributed by atoms with Crippen molar-refractivity contribution in [3.05, 3.63) is 47.5 Å². The number of benzene rings is 1. The predicted molar refractivity (Wildman–Crippen MR) is 219 cm³/mol. The molecule has 3 aliphatic heterocycles. The zero-order valence-corrected chi connectivity index (χ0v) is 35.0. The fourth-order valence-electron chi connectivity index (χ4n) is 9.15. The van der Waals surface area contributed by atoms with Crippen molar-refractivity contribution in [3.8, 4) is 12.3 Å². The summed E-state index contributed by atoms with van der Waals surface area (Å²) in [5.41, 5.74) is 1.03. The molecule has 16 heteroatoms. The molecule has 6 rings (SSSR count). The van der Waals surface area contributed by atoms with E-state index in [4.69, 9.17) is 25.4 Å². The standard InChI is InChI=1S/C44H63F2N7O7/c1-3-21-57-23-25-59-27-28-60-26-24-58-22-16-41(54)51-30-35(31-51)42(55)47-19-7-10-40-50-49-32(2)53(40)39-29-36-11-12-38(39)52(36)20-15-37(33-8-5-4-6-9-33)48-43(56)34-13-17-44(45,46)18-14-34/h1,4-6,8-9,34-39H,7,10-31H2,2H3,(H,47,55)(H,48,56)/t36?,37-,38?,39?/m0/s1. The Balaban J connectivity index is 0.869. The van der Waals surface area contributed by atoms with Crippen molar-refractivity contribution in [1.29, 1.82) is 0 Å². The summed E-state index contributed by atoms with van der Waals surface area (Å²) in [4.78, 5) is 43.0. The van der Waals surface area contributed by atoms with E-state index >= 15 is 0 Å². The number of aryl methyl sites for hydroxylation is 2. The Kier molecular flexibility index (Phi) is 17.2. The second-order valence-electron chi connectivity index (χ2n) is 16.5. The van der Waals surface area contributed by atoms with Gasteiger partial charge in [0, 0.05) is 63.4 Å². The number of hydrogen-bond acceptors (Lipinski definition) is 10. The zero-order chi connectivity index (χ0) is 42.3. The van der Waals surface area contributed by atoms with Gasteiger partial charge in [-0.2, -0.15) is 0 Å². The molecule has 2 aromatic rings. The summed E-state index contributed by atoms with van der Waals surface area (Å²) >= 11 is 0. The highest BCUT2D eigenvalue weighted by molar-refractivity contribution is 5.84. The second-order valence-corrected chi connectivity index (χ2v) is 16.5. The number of rotatable bonds is 25. The van der Waals surface area contributed by atoms with Crippen LogP contribution in [0.3, 0.4) is 0 Å². The molecule has 4 aliphatic rings. The molecule has 1 aliphatic carbocycles. The van der Waals surface area contributed by atoms with Crippen LogP contribution < -0.4 is 10.6 Å². The van der Waals surface area contributed by atoms with Gasteiger partial charge in [-0.15, -0.1) is 16.6 Å². The molecule has 4 heterocycles. The Morgan fingerprint density at radius 3 is 2.27 bits per heavy atom. The molecule has 1 aromatic heterocycles. The smallest absolute Gasteiger partial charge is 0.248 e. The highest BCUT2D eigenvalue weighted by atomic mass is 19.3. The van der Waals surface area contributed by atoms with Gasteiger partial charge in [-0.05, 0) is 57.4 Å². The Hall–Kier alpha value is -4.01. The molecule has 2 bridgehead atoms. The van der Waals surface area contributed by atoms with Crippen molar-refractivity contribution in [2.45, 2.75) is 108 Å². The maximum atomic E-state index is 13.8. The Bertz CT molecular complexity index is 1710. The van der Waals surface area contributed by atoms with Gasteiger partial charge in [0.25, 0.3) is 0 Å². The zero-order valence-electron chi connectivity index (χ0n) is 35.0. The lowest BCUT2D eigenvalue weighted by Crippen LogP contribution is -2.56. The van der Waals surface area contributed by atoms with Crippen LogP contribution in [0.5, 0.6) is 0 Å². The first-order valence-corrected chi connectivity index (χ1v) is 21.8. The number of halogens is 2. The van der Waals surface area contributed by atoms with Gasteiger partial charge in [0.15, 0.2) is 0 Å². The molecule has 1 aromatic carbocycles. The molecule has 3 unspecified atom stereocenters. The van der Waals surface area contributed by atoms with Crippen molar-refractivity contribution in [2.75, 3.05) is 79.0 Å². The summed E-state index contributed by atoms with van der Waals surface area (Å²) in [6, 6.07) is 10.8. The lowest BCUT2D eigenvalue weighted by molar-refractivity contribution is -0.144. The fourth-order valence-corrected chi connectivity index (χ4v) is 9.15. The minimum absolute atomic E-state index is 0.0245. The average Bonchev–Trinajstić information content (AvgIpc) is 3.90. The van der Waals surface area contributed by atoms with Crippen LogP contribution in [-0.4, -0.2) is 139 Å². The minimum atomic E-state index is -2.67. The molecule has 60 heavy (non-hydrogen) atoms. The Morgan fingerprint density at radius 1 is 0.883 bits per heavy atom. The molecule has 3 saturated heterocycles. The number of amides is 3. The summed E-state index contributed by atoms with van der Waals surface area (Å²) in [5, 5.41) is 15.3. The first-order chi connectivity index (χ1) is 29.1.